The molecule has 3 heterocycles. The molecule has 0 N–H and O–H groups in total. The van der Waals surface area contributed by atoms with Crippen LogP contribution in [0.5, 0.6) is 0 Å². The van der Waals surface area contributed by atoms with E-state index in [9.17, 15) is 9.59 Å². The second kappa shape index (κ2) is 7.26. The van der Waals surface area contributed by atoms with Crippen molar-refractivity contribution in [3.05, 3.63) is 41.6 Å². The second-order valence-corrected chi connectivity index (χ2v) is 7.41. The van der Waals surface area contributed by atoms with Crippen molar-refractivity contribution in [2.75, 3.05) is 31.2 Å². The third-order valence-corrected chi connectivity index (χ3v) is 5.24. The quantitative estimate of drug-likeness (QED) is 0.677. The van der Waals surface area contributed by atoms with Crippen LogP contribution in [0, 0.1) is 5.41 Å². The number of esters is 2. The molecule has 0 aromatic carbocycles. The Hall–Kier alpha value is -2.90. The van der Waals surface area contributed by atoms with Gasteiger partial charge in [-0.15, -0.1) is 0 Å². The fourth-order valence-electron chi connectivity index (χ4n) is 3.53. The van der Waals surface area contributed by atoms with Crippen molar-refractivity contribution in [1.82, 2.24) is 14.5 Å². The lowest BCUT2D eigenvalue weighted by molar-refractivity contribution is 0.0509. The molecule has 2 fully saturated rings. The van der Waals surface area contributed by atoms with Gasteiger partial charge in [0, 0.05) is 30.3 Å². The van der Waals surface area contributed by atoms with Crippen molar-refractivity contribution in [2.45, 2.75) is 33.2 Å². The first-order valence-electron chi connectivity index (χ1n) is 9.64. The van der Waals surface area contributed by atoms with Crippen LogP contribution in [0.2, 0.25) is 0 Å². The molecule has 2 aromatic heterocycles. The Morgan fingerprint density at radius 1 is 1.11 bits per heavy atom. The van der Waals surface area contributed by atoms with Crippen LogP contribution >= 0.6 is 0 Å². The van der Waals surface area contributed by atoms with E-state index >= 15 is 0 Å². The molecule has 1 spiro atoms. The molecule has 2 aliphatic rings. The molecule has 0 amide bonds. The third-order valence-electron chi connectivity index (χ3n) is 5.24. The summed E-state index contributed by atoms with van der Waals surface area (Å²) in [6.45, 7) is 6.47. The number of pyridine rings is 1. The van der Waals surface area contributed by atoms with Gasteiger partial charge in [0.05, 0.1) is 26.1 Å². The van der Waals surface area contributed by atoms with E-state index in [1.165, 1.54) is 12.8 Å². The molecule has 148 valence electrons. The molecule has 1 saturated carbocycles. The Bertz CT molecular complexity index is 895. The molecule has 0 bridgehead atoms. The van der Waals surface area contributed by atoms with Crippen molar-refractivity contribution >= 4 is 17.8 Å². The average Bonchev–Trinajstić information content (AvgIpc) is 3.33. The van der Waals surface area contributed by atoms with E-state index in [4.69, 9.17) is 9.47 Å². The summed E-state index contributed by atoms with van der Waals surface area (Å²) < 4.78 is 11.9. The first-order valence-corrected chi connectivity index (χ1v) is 9.64. The number of imidazole rings is 1. The van der Waals surface area contributed by atoms with Crippen molar-refractivity contribution in [1.29, 1.82) is 0 Å². The number of rotatable bonds is 7. The molecule has 4 rings (SSSR count). The summed E-state index contributed by atoms with van der Waals surface area (Å²) in [5.74, 6) is -0.0963. The minimum Gasteiger partial charge on any atom is -0.461 e. The highest BCUT2D eigenvalue weighted by Crippen LogP contribution is 2.53. The smallest absolute Gasteiger partial charge is 0.358 e. The maximum Gasteiger partial charge on any atom is 0.358 e. The minimum atomic E-state index is -0.466. The van der Waals surface area contributed by atoms with Crippen molar-refractivity contribution in [3.8, 4) is 0 Å². The van der Waals surface area contributed by atoms with Gasteiger partial charge in [0.1, 0.15) is 5.82 Å². The Morgan fingerprint density at radius 2 is 1.82 bits per heavy atom. The van der Waals surface area contributed by atoms with Crippen molar-refractivity contribution < 1.29 is 19.1 Å². The van der Waals surface area contributed by atoms with Gasteiger partial charge in [0.25, 0.3) is 0 Å². The van der Waals surface area contributed by atoms with E-state index < -0.39 is 11.9 Å². The van der Waals surface area contributed by atoms with Crippen LogP contribution in [0.1, 0.15) is 53.2 Å². The summed E-state index contributed by atoms with van der Waals surface area (Å²) >= 11 is 0. The van der Waals surface area contributed by atoms with Crippen LogP contribution in [0.15, 0.2) is 24.7 Å². The summed E-state index contributed by atoms with van der Waals surface area (Å²) in [5.41, 5.74) is 1.77. The summed E-state index contributed by atoms with van der Waals surface area (Å²) in [6.07, 6.45) is 5.72. The fourth-order valence-corrected chi connectivity index (χ4v) is 3.53. The van der Waals surface area contributed by atoms with Gasteiger partial charge in [-0.25, -0.2) is 19.6 Å². The molecule has 0 atom stereocenters. The first-order chi connectivity index (χ1) is 13.5. The predicted molar refractivity (Wildman–Crippen MR) is 101 cm³/mol. The number of hydrogen-bond donors (Lipinski definition) is 0. The lowest BCUT2D eigenvalue weighted by atomic mass is 9.97. The zero-order valence-corrected chi connectivity index (χ0v) is 16.2. The normalized spacial score (nSPS) is 16.6. The average molecular weight is 384 g/mol. The maximum absolute atomic E-state index is 12.5. The molecule has 1 aliphatic carbocycles. The van der Waals surface area contributed by atoms with Crippen LogP contribution < -0.4 is 4.90 Å². The summed E-state index contributed by atoms with van der Waals surface area (Å²) in [5, 5.41) is 0. The van der Waals surface area contributed by atoms with Gasteiger partial charge >= 0.3 is 11.9 Å². The third kappa shape index (κ3) is 3.58. The second-order valence-electron chi connectivity index (χ2n) is 7.41. The molecule has 8 heteroatoms. The molecule has 28 heavy (non-hydrogen) atoms. The Kier molecular flexibility index (Phi) is 4.78. The molecule has 8 nitrogen and oxygen atoms in total. The molecule has 1 saturated heterocycles. The van der Waals surface area contributed by atoms with E-state index in [0.717, 1.165) is 24.5 Å². The lowest BCUT2D eigenvalue weighted by Gasteiger charge is -2.41. The highest BCUT2D eigenvalue weighted by atomic mass is 16.5. The molecular weight excluding hydrogens is 360 g/mol. The van der Waals surface area contributed by atoms with Crippen LogP contribution in [-0.2, 0) is 16.0 Å². The zero-order valence-electron chi connectivity index (χ0n) is 16.2. The van der Waals surface area contributed by atoms with Crippen LogP contribution in [0.3, 0.4) is 0 Å². The SMILES string of the molecule is CCOC(=O)c1cn(Cc2ccc(N3CC4(CC4)C3)nc2C(=O)OCC)cn1. The monoisotopic (exact) mass is 384 g/mol. The van der Waals surface area contributed by atoms with E-state index in [2.05, 4.69) is 14.9 Å². The molecule has 1 aliphatic heterocycles. The fraction of sp³-hybridized carbons (Fsp3) is 0.500. The highest BCUT2D eigenvalue weighted by molar-refractivity contribution is 5.89. The minimum absolute atomic E-state index is 0.236. The van der Waals surface area contributed by atoms with Gasteiger partial charge in [-0.1, -0.05) is 6.07 Å². The van der Waals surface area contributed by atoms with Gasteiger partial charge in [0.2, 0.25) is 0 Å². The largest absolute Gasteiger partial charge is 0.461 e. The van der Waals surface area contributed by atoms with E-state index in [1.807, 2.05) is 12.1 Å². The van der Waals surface area contributed by atoms with Gasteiger partial charge in [-0.2, -0.15) is 0 Å². The number of hydrogen-bond acceptors (Lipinski definition) is 7. The molecule has 2 aromatic rings. The Labute approximate surface area is 163 Å². The van der Waals surface area contributed by atoms with Gasteiger partial charge in [-0.05, 0) is 32.8 Å². The molecule has 0 radical (unpaired) electrons. The summed E-state index contributed by atoms with van der Waals surface area (Å²) in [6, 6.07) is 3.84. The topological polar surface area (TPSA) is 86.6 Å². The summed E-state index contributed by atoms with van der Waals surface area (Å²) in [7, 11) is 0. The van der Waals surface area contributed by atoms with E-state index in [-0.39, 0.29) is 12.3 Å². The van der Waals surface area contributed by atoms with Crippen LogP contribution in [-0.4, -0.2) is 52.8 Å². The van der Waals surface area contributed by atoms with Gasteiger partial charge in [-0.3, -0.25) is 0 Å². The van der Waals surface area contributed by atoms with Crippen molar-refractivity contribution in [2.24, 2.45) is 5.41 Å². The number of aromatic nitrogens is 3. The predicted octanol–water partition coefficient (Wildman–Crippen LogP) is 2.28. The number of carbonyl (C=O) groups excluding carboxylic acids is 2. The Morgan fingerprint density at radius 3 is 2.50 bits per heavy atom. The zero-order chi connectivity index (χ0) is 19.7. The molecular formula is C20H24N4O4. The van der Waals surface area contributed by atoms with E-state index in [1.54, 1.807) is 30.9 Å². The molecule has 0 unspecified atom stereocenters. The number of carbonyl (C=O) groups is 2. The van der Waals surface area contributed by atoms with E-state index in [0.29, 0.717) is 24.3 Å². The van der Waals surface area contributed by atoms with Gasteiger partial charge in [0.15, 0.2) is 11.4 Å². The van der Waals surface area contributed by atoms with Crippen LogP contribution in [0.25, 0.3) is 0 Å². The number of anilines is 1. The number of nitrogens with zero attached hydrogens (tertiary/aromatic N) is 4. The number of ether oxygens (including phenoxy) is 2. The lowest BCUT2D eigenvalue weighted by Crippen LogP contribution is -2.49. The standard InChI is InChI=1S/C20H24N4O4/c1-3-27-18(25)15-10-23(13-21-15)9-14-5-6-16(22-17(14)19(26)28-4-2)24-11-20(12-24)7-8-20/h5-6,10,13H,3-4,7-9,11-12H2,1-2H3. The van der Waals surface area contributed by atoms with Crippen molar-refractivity contribution in [3.63, 3.8) is 0 Å². The maximum atomic E-state index is 12.5. The highest BCUT2D eigenvalue weighted by Gasteiger charge is 2.52. The van der Waals surface area contributed by atoms with Gasteiger partial charge < -0.3 is 18.9 Å². The summed E-state index contributed by atoms with van der Waals surface area (Å²) in [4.78, 5) is 35.2. The first kappa shape index (κ1) is 18.5. The van der Waals surface area contributed by atoms with Crippen LogP contribution in [0.4, 0.5) is 5.82 Å². The Balaban J connectivity index is 1.55.